The zero-order chi connectivity index (χ0) is 19.3. The Morgan fingerprint density at radius 1 is 1.07 bits per heavy atom. The Hall–Kier alpha value is -2.59. The third kappa shape index (κ3) is 4.12. The molecule has 4 rings (SSSR count). The SMILES string of the molecule is CCN(Cc1ccccc1)C(=O)C1CCN(Cc2c[nH]c3ccccc23)CC1. The minimum atomic E-state index is 0.155. The summed E-state index contributed by atoms with van der Waals surface area (Å²) in [4.78, 5) is 20.9. The number of para-hydroxylation sites is 1. The van der Waals surface area contributed by atoms with E-state index in [-0.39, 0.29) is 5.92 Å². The second-order valence-corrected chi connectivity index (χ2v) is 7.75. The maximum Gasteiger partial charge on any atom is 0.226 e. The van der Waals surface area contributed by atoms with Gasteiger partial charge in [-0.15, -0.1) is 0 Å². The Labute approximate surface area is 167 Å². The molecule has 2 heterocycles. The maximum absolute atomic E-state index is 13.0. The fraction of sp³-hybridized carbons (Fsp3) is 0.375. The molecule has 0 bridgehead atoms. The van der Waals surface area contributed by atoms with Crippen LogP contribution in [0.4, 0.5) is 0 Å². The van der Waals surface area contributed by atoms with Gasteiger partial charge in [0.2, 0.25) is 5.91 Å². The molecular formula is C24H29N3O. The lowest BCUT2D eigenvalue weighted by Gasteiger charge is -2.34. The number of H-pyrrole nitrogens is 1. The van der Waals surface area contributed by atoms with Gasteiger partial charge in [-0.05, 0) is 50.0 Å². The molecule has 1 N–H and O–H groups in total. The average Bonchev–Trinajstić information content (AvgIpc) is 3.16. The minimum absolute atomic E-state index is 0.155. The summed E-state index contributed by atoms with van der Waals surface area (Å²) in [6.07, 6.45) is 4.03. The molecule has 1 aliphatic heterocycles. The normalized spacial score (nSPS) is 15.8. The van der Waals surface area contributed by atoms with E-state index >= 15 is 0 Å². The molecule has 0 spiro atoms. The number of rotatable bonds is 6. The van der Waals surface area contributed by atoms with E-state index in [4.69, 9.17) is 0 Å². The van der Waals surface area contributed by atoms with Crippen LogP contribution in [0, 0.1) is 5.92 Å². The van der Waals surface area contributed by atoms with E-state index < -0.39 is 0 Å². The van der Waals surface area contributed by atoms with Gasteiger partial charge < -0.3 is 9.88 Å². The third-order valence-electron chi connectivity index (χ3n) is 5.92. The number of carbonyl (C=O) groups excluding carboxylic acids is 1. The molecule has 28 heavy (non-hydrogen) atoms. The van der Waals surface area contributed by atoms with Crippen molar-refractivity contribution in [2.75, 3.05) is 19.6 Å². The number of piperidine rings is 1. The molecule has 0 atom stereocenters. The predicted molar refractivity (Wildman–Crippen MR) is 114 cm³/mol. The molecule has 146 valence electrons. The molecule has 3 aromatic rings. The van der Waals surface area contributed by atoms with E-state index in [1.165, 1.54) is 22.0 Å². The van der Waals surface area contributed by atoms with E-state index in [2.05, 4.69) is 59.4 Å². The highest BCUT2D eigenvalue weighted by Crippen LogP contribution is 2.24. The van der Waals surface area contributed by atoms with E-state index in [0.717, 1.165) is 39.0 Å². The topological polar surface area (TPSA) is 39.3 Å². The highest BCUT2D eigenvalue weighted by atomic mass is 16.2. The molecule has 0 saturated carbocycles. The number of hydrogen-bond acceptors (Lipinski definition) is 2. The number of benzene rings is 2. The summed E-state index contributed by atoms with van der Waals surface area (Å²) >= 11 is 0. The molecule has 1 aliphatic rings. The van der Waals surface area contributed by atoms with Gasteiger partial charge >= 0.3 is 0 Å². The molecule has 4 heteroatoms. The predicted octanol–water partition coefficient (Wildman–Crippen LogP) is 4.43. The fourth-order valence-electron chi connectivity index (χ4n) is 4.25. The number of amides is 1. The molecule has 1 fully saturated rings. The lowest BCUT2D eigenvalue weighted by Crippen LogP contribution is -2.42. The fourth-order valence-corrected chi connectivity index (χ4v) is 4.25. The standard InChI is InChI=1S/C24H29N3O/c1-2-27(17-19-8-4-3-5-9-19)24(28)20-12-14-26(15-13-20)18-21-16-25-23-11-7-6-10-22(21)23/h3-11,16,20,25H,2,12-15,17-18H2,1H3. The van der Waals surface area contributed by atoms with Gasteiger partial charge in [-0.2, -0.15) is 0 Å². The first-order chi connectivity index (χ1) is 13.7. The second-order valence-electron chi connectivity index (χ2n) is 7.75. The summed E-state index contributed by atoms with van der Waals surface area (Å²) < 4.78 is 0. The van der Waals surface area contributed by atoms with Gasteiger partial charge in [-0.1, -0.05) is 48.5 Å². The number of fused-ring (bicyclic) bond motifs is 1. The Balaban J connectivity index is 1.33. The molecule has 1 aromatic heterocycles. The van der Waals surface area contributed by atoms with Gasteiger partial charge in [0.25, 0.3) is 0 Å². The lowest BCUT2D eigenvalue weighted by molar-refractivity contribution is -0.137. The first kappa shape index (κ1) is 18.8. The maximum atomic E-state index is 13.0. The summed E-state index contributed by atoms with van der Waals surface area (Å²) in [6.45, 7) is 6.48. The van der Waals surface area contributed by atoms with Crippen molar-refractivity contribution in [2.45, 2.75) is 32.9 Å². The van der Waals surface area contributed by atoms with Crippen molar-refractivity contribution in [3.8, 4) is 0 Å². The highest BCUT2D eigenvalue weighted by molar-refractivity contribution is 5.83. The Morgan fingerprint density at radius 2 is 1.79 bits per heavy atom. The molecular weight excluding hydrogens is 346 g/mol. The van der Waals surface area contributed by atoms with Crippen LogP contribution in [0.3, 0.4) is 0 Å². The van der Waals surface area contributed by atoms with Crippen molar-refractivity contribution in [1.82, 2.24) is 14.8 Å². The minimum Gasteiger partial charge on any atom is -0.361 e. The lowest BCUT2D eigenvalue weighted by atomic mass is 9.94. The van der Waals surface area contributed by atoms with Gasteiger partial charge in [0, 0.05) is 42.7 Å². The van der Waals surface area contributed by atoms with E-state index in [0.29, 0.717) is 12.5 Å². The number of aromatic nitrogens is 1. The van der Waals surface area contributed by atoms with Gasteiger partial charge in [0.15, 0.2) is 0 Å². The van der Waals surface area contributed by atoms with E-state index in [1.807, 2.05) is 23.1 Å². The van der Waals surface area contributed by atoms with Gasteiger partial charge in [-0.3, -0.25) is 9.69 Å². The van der Waals surface area contributed by atoms with E-state index in [9.17, 15) is 4.79 Å². The average molecular weight is 376 g/mol. The van der Waals surface area contributed by atoms with Crippen LogP contribution in [-0.2, 0) is 17.9 Å². The first-order valence-electron chi connectivity index (χ1n) is 10.3. The molecule has 1 saturated heterocycles. The first-order valence-corrected chi connectivity index (χ1v) is 10.3. The second kappa shape index (κ2) is 8.61. The van der Waals surface area contributed by atoms with Crippen molar-refractivity contribution in [1.29, 1.82) is 0 Å². The molecule has 1 amide bonds. The summed E-state index contributed by atoms with van der Waals surface area (Å²) in [5.41, 5.74) is 3.75. The smallest absolute Gasteiger partial charge is 0.226 e. The van der Waals surface area contributed by atoms with Crippen LogP contribution in [0.1, 0.15) is 30.9 Å². The largest absolute Gasteiger partial charge is 0.361 e. The molecule has 0 radical (unpaired) electrons. The Kier molecular flexibility index (Phi) is 5.77. The summed E-state index contributed by atoms with van der Waals surface area (Å²) in [5.74, 6) is 0.473. The monoisotopic (exact) mass is 375 g/mol. The van der Waals surface area contributed by atoms with Crippen molar-refractivity contribution in [3.05, 3.63) is 71.9 Å². The number of likely N-dealkylation sites (tertiary alicyclic amines) is 1. The van der Waals surface area contributed by atoms with Crippen LogP contribution in [0.5, 0.6) is 0 Å². The van der Waals surface area contributed by atoms with Gasteiger partial charge in [0.05, 0.1) is 0 Å². The molecule has 0 aliphatic carbocycles. The zero-order valence-corrected chi connectivity index (χ0v) is 16.6. The number of nitrogens with one attached hydrogen (secondary N) is 1. The number of nitrogens with zero attached hydrogens (tertiary/aromatic N) is 2. The van der Waals surface area contributed by atoms with Crippen LogP contribution >= 0.6 is 0 Å². The van der Waals surface area contributed by atoms with Crippen LogP contribution in [0.25, 0.3) is 10.9 Å². The molecule has 4 nitrogen and oxygen atoms in total. The van der Waals surface area contributed by atoms with Crippen LogP contribution in [0.2, 0.25) is 0 Å². The molecule has 2 aromatic carbocycles. The van der Waals surface area contributed by atoms with Crippen LogP contribution in [-0.4, -0.2) is 40.3 Å². The van der Waals surface area contributed by atoms with Crippen molar-refractivity contribution in [3.63, 3.8) is 0 Å². The summed E-state index contributed by atoms with van der Waals surface area (Å²) in [7, 11) is 0. The van der Waals surface area contributed by atoms with Crippen molar-refractivity contribution >= 4 is 16.8 Å². The van der Waals surface area contributed by atoms with Crippen molar-refractivity contribution in [2.24, 2.45) is 5.92 Å². The summed E-state index contributed by atoms with van der Waals surface area (Å²) in [6, 6.07) is 18.7. The Morgan fingerprint density at radius 3 is 2.54 bits per heavy atom. The number of carbonyl (C=O) groups is 1. The number of aromatic amines is 1. The zero-order valence-electron chi connectivity index (χ0n) is 16.6. The number of hydrogen-bond donors (Lipinski definition) is 1. The third-order valence-corrected chi connectivity index (χ3v) is 5.92. The van der Waals surface area contributed by atoms with Gasteiger partial charge in [-0.25, -0.2) is 0 Å². The van der Waals surface area contributed by atoms with Gasteiger partial charge in [0.1, 0.15) is 0 Å². The van der Waals surface area contributed by atoms with E-state index in [1.54, 1.807) is 0 Å². The quantitative estimate of drug-likeness (QED) is 0.692. The molecule has 0 unspecified atom stereocenters. The van der Waals surface area contributed by atoms with Crippen LogP contribution < -0.4 is 0 Å². The summed E-state index contributed by atoms with van der Waals surface area (Å²) in [5, 5.41) is 1.31. The van der Waals surface area contributed by atoms with Crippen molar-refractivity contribution < 1.29 is 4.79 Å². The highest BCUT2D eigenvalue weighted by Gasteiger charge is 2.28. The van der Waals surface area contributed by atoms with Crippen LogP contribution in [0.15, 0.2) is 60.8 Å². The Bertz CT molecular complexity index is 910.